The van der Waals surface area contributed by atoms with Crippen LogP contribution in [0.1, 0.15) is 35.4 Å². The molecular weight excluding hydrogens is 336 g/mol. The lowest BCUT2D eigenvalue weighted by molar-refractivity contribution is 0.0635. The van der Waals surface area contributed by atoms with E-state index in [2.05, 4.69) is 22.4 Å². The van der Waals surface area contributed by atoms with E-state index in [0.717, 1.165) is 22.9 Å². The molecule has 0 saturated heterocycles. The number of carbonyl (C=O) groups is 1. The first-order valence-corrected chi connectivity index (χ1v) is 8.74. The Morgan fingerprint density at radius 3 is 2.84 bits per heavy atom. The van der Waals surface area contributed by atoms with Gasteiger partial charge in [-0.15, -0.1) is 0 Å². The highest BCUT2D eigenvalue weighted by Gasteiger charge is 2.11. The third kappa shape index (κ3) is 4.41. The largest absolute Gasteiger partial charge is 0.374 e. The first kappa shape index (κ1) is 17.5. The minimum atomic E-state index is -0.0929. The fourth-order valence-electron chi connectivity index (χ4n) is 2.74. The van der Waals surface area contributed by atoms with Crippen molar-refractivity contribution >= 4 is 28.4 Å². The topological polar surface area (TPSA) is 54.1 Å². The Kier molecular flexibility index (Phi) is 5.74. The lowest BCUT2D eigenvalue weighted by Crippen LogP contribution is -2.25. The van der Waals surface area contributed by atoms with Crippen molar-refractivity contribution in [1.82, 2.24) is 10.3 Å². The van der Waals surface area contributed by atoms with Gasteiger partial charge >= 0.3 is 0 Å². The number of aromatic nitrogens is 1. The summed E-state index contributed by atoms with van der Waals surface area (Å²) in [6.07, 6.45) is 2.52. The Labute approximate surface area is 152 Å². The van der Waals surface area contributed by atoms with E-state index in [1.807, 2.05) is 37.3 Å². The van der Waals surface area contributed by atoms with Gasteiger partial charge in [0.1, 0.15) is 0 Å². The highest BCUT2D eigenvalue weighted by molar-refractivity contribution is 6.31. The second kappa shape index (κ2) is 8.19. The Balaban J connectivity index is 1.45. The molecular formula is C20H21ClN2O2. The number of fused-ring (bicyclic) bond motifs is 1. The van der Waals surface area contributed by atoms with Gasteiger partial charge in [0.2, 0.25) is 0 Å². The van der Waals surface area contributed by atoms with Crippen molar-refractivity contribution in [1.29, 1.82) is 0 Å². The Morgan fingerprint density at radius 2 is 2.04 bits per heavy atom. The van der Waals surface area contributed by atoms with Gasteiger partial charge in [-0.2, -0.15) is 0 Å². The van der Waals surface area contributed by atoms with Gasteiger partial charge in [0.25, 0.3) is 5.91 Å². The summed E-state index contributed by atoms with van der Waals surface area (Å²) in [7, 11) is 0. The van der Waals surface area contributed by atoms with E-state index in [4.69, 9.17) is 16.3 Å². The van der Waals surface area contributed by atoms with Crippen LogP contribution >= 0.6 is 11.6 Å². The summed E-state index contributed by atoms with van der Waals surface area (Å²) < 4.78 is 5.81. The van der Waals surface area contributed by atoms with Crippen molar-refractivity contribution in [2.45, 2.75) is 19.4 Å². The van der Waals surface area contributed by atoms with Gasteiger partial charge in [0.15, 0.2) is 0 Å². The van der Waals surface area contributed by atoms with E-state index in [1.54, 1.807) is 12.3 Å². The molecule has 0 aliphatic heterocycles. The third-order valence-corrected chi connectivity index (χ3v) is 4.37. The van der Waals surface area contributed by atoms with E-state index in [0.29, 0.717) is 23.7 Å². The molecule has 1 atom stereocenters. The predicted octanol–water partition coefficient (Wildman–Crippen LogP) is 4.72. The molecule has 0 aliphatic rings. The number of carbonyl (C=O) groups excluding carboxylic acids is 1. The summed E-state index contributed by atoms with van der Waals surface area (Å²) >= 11 is 5.96. The first-order chi connectivity index (χ1) is 12.1. The second-order valence-corrected chi connectivity index (χ2v) is 6.36. The van der Waals surface area contributed by atoms with Gasteiger partial charge in [0, 0.05) is 35.3 Å². The number of ether oxygens (including phenoxy) is 1. The molecule has 1 heterocycles. The molecule has 130 valence electrons. The van der Waals surface area contributed by atoms with Gasteiger partial charge in [-0.25, -0.2) is 0 Å². The molecule has 25 heavy (non-hydrogen) atoms. The predicted molar refractivity (Wildman–Crippen MR) is 101 cm³/mol. The van der Waals surface area contributed by atoms with Crippen LogP contribution in [0.5, 0.6) is 0 Å². The van der Waals surface area contributed by atoms with E-state index < -0.39 is 0 Å². The second-order valence-electron chi connectivity index (χ2n) is 5.93. The lowest BCUT2D eigenvalue weighted by Gasteiger charge is -2.13. The number of aromatic amines is 1. The number of H-pyrrole nitrogens is 1. The molecule has 0 spiro atoms. The average Bonchev–Trinajstić information content (AvgIpc) is 3.05. The maximum Gasteiger partial charge on any atom is 0.253 e. The van der Waals surface area contributed by atoms with Gasteiger partial charge in [-0.1, -0.05) is 48.0 Å². The Bertz CT molecular complexity index is 845. The smallest absolute Gasteiger partial charge is 0.253 e. The molecule has 2 N–H and O–H groups in total. The fourth-order valence-corrected chi connectivity index (χ4v) is 2.91. The zero-order valence-corrected chi connectivity index (χ0v) is 14.8. The van der Waals surface area contributed by atoms with Crippen LogP contribution in [-0.4, -0.2) is 24.0 Å². The summed E-state index contributed by atoms with van der Waals surface area (Å²) in [6, 6.07) is 15.6. The van der Waals surface area contributed by atoms with Crippen LogP contribution in [-0.2, 0) is 4.74 Å². The van der Waals surface area contributed by atoms with Gasteiger partial charge < -0.3 is 15.0 Å². The third-order valence-electron chi connectivity index (χ3n) is 4.13. The molecule has 1 aromatic heterocycles. The summed E-state index contributed by atoms with van der Waals surface area (Å²) in [5, 5.41) is 4.45. The summed E-state index contributed by atoms with van der Waals surface area (Å²) in [5.41, 5.74) is 2.65. The molecule has 2 aromatic carbocycles. The summed E-state index contributed by atoms with van der Waals surface area (Å²) in [6.45, 7) is 3.20. The number of hydrogen-bond acceptors (Lipinski definition) is 2. The van der Waals surface area contributed by atoms with Crippen LogP contribution < -0.4 is 5.32 Å². The lowest BCUT2D eigenvalue weighted by atomic mass is 10.1. The minimum absolute atomic E-state index is 0.0512. The SMILES string of the molecule is CC(OCCCNC(=O)c1c[nH]c2cc(Cl)ccc12)c1ccccc1. The number of halogens is 1. The van der Waals surface area contributed by atoms with E-state index >= 15 is 0 Å². The number of amides is 1. The van der Waals surface area contributed by atoms with Crippen LogP contribution in [0.2, 0.25) is 5.02 Å². The zero-order valence-electron chi connectivity index (χ0n) is 14.1. The molecule has 5 heteroatoms. The van der Waals surface area contributed by atoms with Crippen LogP contribution in [0, 0.1) is 0 Å². The van der Waals surface area contributed by atoms with Crippen molar-refractivity contribution in [3.8, 4) is 0 Å². The molecule has 4 nitrogen and oxygen atoms in total. The minimum Gasteiger partial charge on any atom is -0.374 e. The van der Waals surface area contributed by atoms with E-state index in [1.165, 1.54) is 0 Å². The maximum absolute atomic E-state index is 12.3. The van der Waals surface area contributed by atoms with Gasteiger partial charge in [0.05, 0.1) is 11.7 Å². The van der Waals surface area contributed by atoms with Crippen LogP contribution in [0.4, 0.5) is 0 Å². The molecule has 0 fully saturated rings. The molecule has 0 aliphatic carbocycles. The van der Waals surface area contributed by atoms with Gasteiger partial charge in [-0.3, -0.25) is 4.79 Å². The normalized spacial score (nSPS) is 12.2. The molecule has 0 saturated carbocycles. The van der Waals surface area contributed by atoms with Crippen molar-refractivity contribution in [2.75, 3.05) is 13.2 Å². The monoisotopic (exact) mass is 356 g/mol. The van der Waals surface area contributed by atoms with E-state index in [-0.39, 0.29) is 12.0 Å². The molecule has 0 bridgehead atoms. The highest BCUT2D eigenvalue weighted by atomic mass is 35.5. The Hall–Kier alpha value is -2.30. The number of nitrogens with one attached hydrogen (secondary N) is 2. The molecule has 1 unspecified atom stereocenters. The van der Waals surface area contributed by atoms with Crippen molar-refractivity contribution < 1.29 is 9.53 Å². The molecule has 1 amide bonds. The van der Waals surface area contributed by atoms with Crippen LogP contribution in [0.3, 0.4) is 0 Å². The van der Waals surface area contributed by atoms with Crippen molar-refractivity contribution in [2.24, 2.45) is 0 Å². The van der Waals surface area contributed by atoms with Crippen molar-refractivity contribution in [3.05, 3.63) is 70.9 Å². The maximum atomic E-state index is 12.3. The number of rotatable bonds is 7. The zero-order chi connectivity index (χ0) is 17.6. The van der Waals surface area contributed by atoms with Crippen LogP contribution in [0.25, 0.3) is 10.9 Å². The quantitative estimate of drug-likeness (QED) is 0.602. The molecule has 3 rings (SSSR count). The van der Waals surface area contributed by atoms with Gasteiger partial charge in [-0.05, 0) is 31.0 Å². The van der Waals surface area contributed by atoms with Crippen molar-refractivity contribution in [3.63, 3.8) is 0 Å². The van der Waals surface area contributed by atoms with E-state index in [9.17, 15) is 4.79 Å². The highest BCUT2D eigenvalue weighted by Crippen LogP contribution is 2.22. The average molecular weight is 357 g/mol. The molecule has 3 aromatic rings. The number of hydrogen-bond donors (Lipinski definition) is 2. The fraction of sp³-hybridized carbons (Fsp3) is 0.250. The van der Waals surface area contributed by atoms with Crippen LogP contribution in [0.15, 0.2) is 54.7 Å². The standard InChI is InChI=1S/C20H21ClN2O2/c1-14(15-6-3-2-4-7-15)25-11-5-10-22-20(24)18-13-23-19-12-16(21)8-9-17(18)19/h2-4,6-9,12-14,23H,5,10-11H2,1H3,(H,22,24). The summed E-state index contributed by atoms with van der Waals surface area (Å²) in [4.78, 5) is 15.4. The number of benzene rings is 2. The summed E-state index contributed by atoms with van der Waals surface area (Å²) in [5.74, 6) is -0.0929. The Morgan fingerprint density at radius 1 is 1.24 bits per heavy atom. The molecule has 0 radical (unpaired) electrons. The first-order valence-electron chi connectivity index (χ1n) is 8.36.